The van der Waals surface area contributed by atoms with Gasteiger partial charge >= 0.3 is 12.0 Å². The van der Waals surface area contributed by atoms with Crippen molar-refractivity contribution >= 4 is 12.0 Å². The third-order valence-electron chi connectivity index (χ3n) is 3.78. The Morgan fingerprint density at radius 3 is 2.63 bits per heavy atom. The molecule has 19 heavy (non-hydrogen) atoms. The van der Waals surface area contributed by atoms with Crippen LogP contribution in [0.4, 0.5) is 4.79 Å². The molecule has 0 aliphatic carbocycles. The summed E-state index contributed by atoms with van der Waals surface area (Å²) in [7, 11) is 0. The van der Waals surface area contributed by atoms with E-state index in [9.17, 15) is 9.59 Å². The minimum Gasteiger partial charge on any atom is -0.481 e. The largest absolute Gasteiger partial charge is 0.481 e. The minimum absolute atomic E-state index is 0.00178. The number of carbonyl (C=O) groups is 2. The monoisotopic (exact) mass is 270 g/mol. The second-order valence-electron chi connectivity index (χ2n) is 5.70. The maximum absolute atomic E-state index is 12.2. The number of amides is 2. The van der Waals surface area contributed by atoms with E-state index in [-0.39, 0.29) is 24.5 Å². The number of likely N-dealkylation sites (tertiary alicyclic amines) is 1. The summed E-state index contributed by atoms with van der Waals surface area (Å²) in [6.07, 6.45) is 3.61. The number of nitrogens with zero attached hydrogens (tertiary/aromatic N) is 1. The Morgan fingerprint density at radius 2 is 2.11 bits per heavy atom. The maximum atomic E-state index is 12.2. The Labute approximate surface area is 115 Å². The summed E-state index contributed by atoms with van der Waals surface area (Å²) in [4.78, 5) is 24.8. The van der Waals surface area contributed by atoms with Crippen molar-refractivity contribution < 1.29 is 14.7 Å². The third kappa shape index (κ3) is 5.09. The first kappa shape index (κ1) is 15.8. The van der Waals surface area contributed by atoms with Crippen molar-refractivity contribution in [2.24, 2.45) is 5.92 Å². The van der Waals surface area contributed by atoms with E-state index in [4.69, 9.17) is 5.11 Å². The Bertz CT molecular complexity index is 320. The standard InChI is InChI=1S/C14H26N2O3/c1-4-5-12(9-13(17)18)15-14(19)16-7-6-10(2)8-11(16)3/h10-12H,4-9H2,1-3H3,(H,15,19)(H,17,18). The second-order valence-corrected chi connectivity index (χ2v) is 5.70. The number of aliphatic carboxylic acids is 1. The van der Waals surface area contributed by atoms with Gasteiger partial charge in [0.15, 0.2) is 0 Å². The zero-order chi connectivity index (χ0) is 14.4. The average Bonchev–Trinajstić information content (AvgIpc) is 2.27. The van der Waals surface area contributed by atoms with Gasteiger partial charge in [0, 0.05) is 18.6 Å². The number of carboxylic acid groups (broad SMARTS) is 1. The van der Waals surface area contributed by atoms with Crippen LogP contribution >= 0.6 is 0 Å². The Hall–Kier alpha value is -1.26. The molecule has 0 radical (unpaired) electrons. The number of carboxylic acids is 1. The molecule has 0 spiro atoms. The number of rotatable bonds is 5. The van der Waals surface area contributed by atoms with E-state index in [0.29, 0.717) is 12.3 Å². The molecule has 2 amide bonds. The zero-order valence-corrected chi connectivity index (χ0v) is 12.2. The number of hydrogen-bond donors (Lipinski definition) is 2. The van der Waals surface area contributed by atoms with Gasteiger partial charge in [-0.1, -0.05) is 20.3 Å². The number of urea groups is 1. The molecular formula is C14H26N2O3. The van der Waals surface area contributed by atoms with E-state index in [0.717, 1.165) is 25.8 Å². The van der Waals surface area contributed by atoms with Gasteiger partial charge in [0.25, 0.3) is 0 Å². The lowest BCUT2D eigenvalue weighted by Crippen LogP contribution is -2.51. The topological polar surface area (TPSA) is 69.6 Å². The molecule has 1 heterocycles. The summed E-state index contributed by atoms with van der Waals surface area (Å²) in [6.45, 7) is 7.02. The third-order valence-corrected chi connectivity index (χ3v) is 3.78. The Morgan fingerprint density at radius 1 is 1.42 bits per heavy atom. The van der Waals surface area contributed by atoms with Crippen LogP contribution in [0.15, 0.2) is 0 Å². The molecule has 3 unspecified atom stereocenters. The van der Waals surface area contributed by atoms with E-state index in [1.165, 1.54) is 0 Å². The van der Waals surface area contributed by atoms with Gasteiger partial charge in [0.2, 0.25) is 0 Å². The second kappa shape index (κ2) is 7.36. The normalized spacial score (nSPS) is 24.9. The molecule has 3 atom stereocenters. The van der Waals surface area contributed by atoms with Crippen molar-refractivity contribution in [3.63, 3.8) is 0 Å². The molecule has 0 saturated carbocycles. The highest BCUT2D eigenvalue weighted by Crippen LogP contribution is 2.22. The first-order valence-electron chi connectivity index (χ1n) is 7.23. The summed E-state index contributed by atoms with van der Waals surface area (Å²) < 4.78 is 0. The molecule has 0 aromatic heterocycles. The van der Waals surface area contributed by atoms with Crippen molar-refractivity contribution in [3.8, 4) is 0 Å². The predicted molar refractivity (Wildman–Crippen MR) is 74.0 cm³/mol. The van der Waals surface area contributed by atoms with E-state index >= 15 is 0 Å². The van der Waals surface area contributed by atoms with Crippen molar-refractivity contribution in [1.29, 1.82) is 0 Å². The molecule has 0 aromatic rings. The van der Waals surface area contributed by atoms with Gasteiger partial charge in [-0.3, -0.25) is 4.79 Å². The van der Waals surface area contributed by atoms with Gasteiger partial charge in [-0.05, 0) is 32.1 Å². The maximum Gasteiger partial charge on any atom is 0.317 e. The molecule has 5 nitrogen and oxygen atoms in total. The molecule has 1 saturated heterocycles. The molecule has 1 rings (SSSR count). The first-order valence-corrected chi connectivity index (χ1v) is 7.23. The SMILES string of the molecule is CCCC(CC(=O)O)NC(=O)N1CCC(C)CC1C. The van der Waals surface area contributed by atoms with Crippen LogP contribution in [0.3, 0.4) is 0 Å². The van der Waals surface area contributed by atoms with Crippen molar-refractivity contribution in [2.45, 2.75) is 65.0 Å². The van der Waals surface area contributed by atoms with Crippen LogP contribution in [0, 0.1) is 5.92 Å². The van der Waals surface area contributed by atoms with Crippen LogP contribution in [0.25, 0.3) is 0 Å². The lowest BCUT2D eigenvalue weighted by Gasteiger charge is -2.37. The van der Waals surface area contributed by atoms with E-state index in [2.05, 4.69) is 19.2 Å². The summed E-state index contributed by atoms with van der Waals surface area (Å²) in [6, 6.07) is -0.142. The highest BCUT2D eigenvalue weighted by molar-refractivity contribution is 5.76. The van der Waals surface area contributed by atoms with Crippen LogP contribution in [-0.4, -0.2) is 40.6 Å². The highest BCUT2D eigenvalue weighted by Gasteiger charge is 2.28. The first-order chi connectivity index (χ1) is 8.93. The highest BCUT2D eigenvalue weighted by atomic mass is 16.4. The van der Waals surface area contributed by atoms with E-state index < -0.39 is 5.97 Å². The van der Waals surface area contributed by atoms with Gasteiger partial charge in [0.1, 0.15) is 0 Å². The van der Waals surface area contributed by atoms with E-state index in [1.54, 1.807) is 0 Å². The lowest BCUT2D eigenvalue weighted by atomic mass is 9.94. The van der Waals surface area contributed by atoms with Crippen LogP contribution in [0.5, 0.6) is 0 Å². The van der Waals surface area contributed by atoms with Crippen molar-refractivity contribution in [2.75, 3.05) is 6.54 Å². The van der Waals surface area contributed by atoms with E-state index in [1.807, 2.05) is 11.8 Å². The smallest absolute Gasteiger partial charge is 0.317 e. The molecule has 2 N–H and O–H groups in total. The molecule has 1 fully saturated rings. The summed E-state index contributed by atoms with van der Waals surface area (Å²) in [5.41, 5.74) is 0. The van der Waals surface area contributed by atoms with Gasteiger partial charge in [-0.15, -0.1) is 0 Å². The fourth-order valence-electron chi connectivity index (χ4n) is 2.75. The van der Waals surface area contributed by atoms with Gasteiger partial charge in [0.05, 0.1) is 6.42 Å². The van der Waals surface area contributed by atoms with Crippen molar-refractivity contribution in [1.82, 2.24) is 10.2 Å². The molecule has 0 aromatic carbocycles. The van der Waals surface area contributed by atoms with Gasteiger partial charge in [-0.25, -0.2) is 4.79 Å². The summed E-state index contributed by atoms with van der Waals surface area (Å²) in [5.74, 6) is -0.205. The van der Waals surface area contributed by atoms with Crippen LogP contribution in [0.2, 0.25) is 0 Å². The molecule has 1 aliphatic rings. The number of carbonyl (C=O) groups excluding carboxylic acids is 1. The Kier molecular flexibility index (Phi) is 6.12. The minimum atomic E-state index is -0.862. The molecular weight excluding hydrogens is 244 g/mol. The average molecular weight is 270 g/mol. The Balaban J connectivity index is 2.53. The van der Waals surface area contributed by atoms with Crippen LogP contribution in [-0.2, 0) is 4.79 Å². The summed E-state index contributed by atoms with van der Waals surface area (Å²) >= 11 is 0. The van der Waals surface area contributed by atoms with Crippen molar-refractivity contribution in [3.05, 3.63) is 0 Å². The number of piperidine rings is 1. The quantitative estimate of drug-likeness (QED) is 0.806. The molecule has 110 valence electrons. The fourth-order valence-corrected chi connectivity index (χ4v) is 2.75. The zero-order valence-electron chi connectivity index (χ0n) is 12.2. The predicted octanol–water partition coefficient (Wildman–Crippen LogP) is 2.46. The fraction of sp³-hybridized carbons (Fsp3) is 0.857. The van der Waals surface area contributed by atoms with Crippen LogP contribution < -0.4 is 5.32 Å². The van der Waals surface area contributed by atoms with Gasteiger partial charge in [-0.2, -0.15) is 0 Å². The lowest BCUT2D eigenvalue weighted by molar-refractivity contribution is -0.137. The number of nitrogens with one attached hydrogen (secondary N) is 1. The molecule has 1 aliphatic heterocycles. The molecule has 0 bridgehead atoms. The number of hydrogen-bond acceptors (Lipinski definition) is 2. The molecule has 5 heteroatoms. The summed E-state index contributed by atoms with van der Waals surface area (Å²) in [5, 5.41) is 11.7. The van der Waals surface area contributed by atoms with Gasteiger partial charge < -0.3 is 15.3 Å². The van der Waals surface area contributed by atoms with Crippen LogP contribution in [0.1, 0.15) is 52.9 Å².